The number of esters is 1. The second-order valence-corrected chi connectivity index (χ2v) is 20.9. The molecule has 4 N–H and O–H groups in total. The van der Waals surface area contributed by atoms with Gasteiger partial charge in [0, 0.05) is 60.2 Å². The normalized spacial score (nSPS) is 18.3. The smallest absolute Gasteiger partial charge is 0.305 e. The van der Waals surface area contributed by atoms with Gasteiger partial charge in [0.25, 0.3) is 0 Å². The number of carbonyl (C=O) groups is 7. The topological polar surface area (TPSA) is 232 Å². The van der Waals surface area contributed by atoms with Crippen molar-refractivity contribution in [3.8, 4) is 0 Å². The van der Waals surface area contributed by atoms with Crippen LogP contribution in [-0.4, -0.2) is 184 Å². The number of rotatable bonds is 35. The van der Waals surface area contributed by atoms with E-state index in [9.17, 15) is 38.7 Å². The Kier molecular flexibility index (Phi) is 29.7. The minimum absolute atomic E-state index is 0.0108. The van der Waals surface area contributed by atoms with Gasteiger partial charge in [0.2, 0.25) is 29.5 Å². The van der Waals surface area contributed by atoms with Crippen molar-refractivity contribution in [2.45, 2.75) is 187 Å². The van der Waals surface area contributed by atoms with Gasteiger partial charge in [0.05, 0.1) is 61.4 Å². The second kappa shape index (κ2) is 33.5. The van der Waals surface area contributed by atoms with Crippen LogP contribution in [0.1, 0.15) is 126 Å². The van der Waals surface area contributed by atoms with E-state index < -0.39 is 78.6 Å². The minimum atomic E-state index is -0.946. The molecular formula is C55H94N6O13. The molecule has 0 aliphatic carbocycles. The molecule has 0 aromatic heterocycles. The van der Waals surface area contributed by atoms with Crippen molar-refractivity contribution in [2.24, 2.45) is 23.7 Å². The Morgan fingerprint density at radius 1 is 0.797 bits per heavy atom. The highest BCUT2D eigenvalue weighted by atomic mass is 16.7. The lowest BCUT2D eigenvalue weighted by molar-refractivity contribution is -0.194. The van der Waals surface area contributed by atoms with Crippen LogP contribution in [0.15, 0.2) is 30.3 Å². The lowest BCUT2D eigenvalue weighted by atomic mass is 9.89. The van der Waals surface area contributed by atoms with Crippen LogP contribution in [0.3, 0.4) is 0 Å². The number of ether oxygens (including phenoxy) is 5. The van der Waals surface area contributed by atoms with E-state index in [4.69, 9.17) is 23.7 Å². The van der Waals surface area contributed by atoms with Crippen molar-refractivity contribution in [3.05, 3.63) is 35.9 Å². The third-order valence-corrected chi connectivity index (χ3v) is 14.3. The summed E-state index contributed by atoms with van der Waals surface area (Å²) in [5.41, 5.74) is 0.824. The highest BCUT2D eigenvalue weighted by Gasteiger charge is 2.43. The quantitative estimate of drug-likeness (QED) is 0.0549. The summed E-state index contributed by atoms with van der Waals surface area (Å²) in [5.74, 6) is -3.41. The second-order valence-electron chi connectivity index (χ2n) is 20.9. The van der Waals surface area contributed by atoms with Crippen LogP contribution >= 0.6 is 0 Å². The number of aliphatic hydroxyl groups is 1. The van der Waals surface area contributed by atoms with Gasteiger partial charge in [0.1, 0.15) is 12.6 Å². The van der Waals surface area contributed by atoms with Gasteiger partial charge < -0.3 is 54.5 Å². The van der Waals surface area contributed by atoms with Crippen molar-refractivity contribution in [3.63, 3.8) is 0 Å². The first-order valence-electron chi connectivity index (χ1n) is 26.7. The van der Waals surface area contributed by atoms with Gasteiger partial charge in [-0.05, 0) is 76.4 Å². The zero-order valence-electron chi connectivity index (χ0n) is 47.3. The van der Waals surface area contributed by atoms with E-state index in [1.807, 2.05) is 97.8 Å². The van der Waals surface area contributed by atoms with Crippen LogP contribution in [0.25, 0.3) is 0 Å². The van der Waals surface area contributed by atoms with Gasteiger partial charge in [-0.25, -0.2) is 0 Å². The third kappa shape index (κ3) is 20.5. The Balaban J connectivity index is 2.19. The summed E-state index contributed by atoms with van der Waals surface area (Å²) in [6.07, 6.45) is 0.0319. The fourth-order valence-corrected chi connectivity index (χ4v) is 9.92. The van der Waals surface area contributed by atoms with Crippen LogP contribution in [0, 0.1) is 23.7 Å². The van der Waals surface area contributed by atoms with Crippen molar-refractivity contribution in [2.75, 3.05) is 62.2 Å². The maximum absolute atomic E-state index is 14.5. The number of carbonyl (C=O) groups excluding carboxylic acids is 7. The molecule has 12 atom stereocenters. The first kappa shape index (κ1) is 65.6. The number of methoxy groups -OCH3 is 3. The Morgan fingerprint density at radius 2 is 1.46 bits per heavy atom. The fraction of sp³-hybridized carbons (Fsp3) is 0.764. The predicted octanol–water partition coefficient (Wildman–Crippen LogP) is 4.30. The number of hydrogen-bond donors (Lipinski definition) is 4. The molecule has 1 aliphatic heterocycles. The average molecular weight is 1050 g/mol. The molecule has 19 heteroatoms. The van der Waals surface area contributed by atoms with Gasteiger partial charge in [0.15, 0.2) is 12.1 Å². The number of nitrogens with one attached hydrogen (secondary N) is 3. The SMILES string of the molecule is CCC(CO)OC(COC(=O)CCCC(=O)NC(C)CC(=O)[C@H](Cc1ccccc1)NC(=O)[C@H](C)[C@@H](OC)[C@@H]1CCCN1C(=O)C[C@@H](OC)[C@H]([C@@H](C)CC)N(C)C(=O)[C@@H](NC(=O)[C@H](C(C)C)N(C)C)C(C)C)OC. The number of aliphatic hydroxyl groups excluding tert-OH is 1. The molecule has 1 aliphatic rings. The Bertz CT molecular complexity index is 1880. The van der Waals surface area contributed by atoms with E-state index >= 15 is 0 Å². The van der Waals surface area contributed by atoms with E-state index in [1.165, 1.54) is 21.3 Å². The van der Waals surface area contributed by atoms with Crippen molar-refractivity contribution < 1.29 is 62.4 Å². The molecular weight excluding hydrogens is 953 g/mol. The molecule has 0 bridgehead atoms. The summed E-state index contributed by atoms with van der Waals surface area (Å²) in [4.78, 5) is 101. The number of likely N-dealkylation sites (tertiary alicyclic amines) is 1. The summed E-state index contributed by atoms with van der Waals surface area (Å²) in [5, 5.41) is 18.2. The van der Waals surface area contributed by atoms with E-state index in [0.29, 0.717) is 32.2 Å². The molecule has 3 unspecified atom stereocenters. The monoisotopic (exact) mass is 1050 g/mol. The zero-order valence-corrected chi connectivity index (χ0v) is 47.3. The molecule has 74 heavy (non-hydrogen) atoms. The molecule has 1 fully saturated rings. The Labute approximate surface area is 442 Å². The zero-order chi connectivity index (χ0) is 55.8. The largest absolute Gasteiger partial charge is 0.460 e. The van der Waals surface area contributed by atoms with Gasteiger partial charge in [-0.3, -0.25) is 38.5 Å². The number of likely N-dealkylation sites (N-methyl/N-ethyl adjacent to an activating group) is 2. The average Bonchev–Trinajstić information content (AvgIpc) is 3.84. The lowest BCUT2D eigenvalue weighted by Gasteiger charge is -2.41. The molecule has 5 amide bonds. The number of ketones is 1. The predicted molar refractivity (Wildman–Crippen MR) is 282 cm³/mol. The molecule has 1 saturated heterocycles. The number of Topliss-reactive ketones (excluding diaryl/α,β-unsaturated/α-hetero) is 1. The first-order chi connectivity index (χ1) is 35.0. The summed E-state index contributed by atoms with van der Waals surface area (Å²) in [6.45, 7) is 17.1. The van der Waals surface area contributed by atoms with Gasteiger partial charge >= 0.3 is 5.97 Å². The van der Waals surface area contributed by atoms with E-state index in [1.54, 1.807) is 30.7 Å². The third-order valence-electron chi connectivity index (χ3n) is 14.3. The summed E-state index contributed by atoms with van der Waals surface area (Å²) in [6, 6.07) is 5.53. The van der Waals surface area contributed by atoms with Crippen LogP contribution < -0.4 is 16.0 Å². The van der Waals surface area contributed by atoms with E-state index in [0.717, 1.165) is 5.56 Å². The molecule has 19 nitrogen and oxygen atoms in total. The molecule has 1 heterocycles. The summed E-state index contributed by atoms with van der Waals surface area (Å²) >= 11 is 0. The summed E-state index contributed by atoms with van der Waals surface area (Å²) < 4.78 is 28.1. The molecule has 2 rings (SSSR count). The molecule has 0 saturated carbocycles. The van der Waals surface area contributed by atoms with Gasteiger partial charge in [-0.1, -0.05) is 92.1 Å². The van der Waals surface area contributed by atoms with E-state index in [-0.39, 0.29) is 98.9 Å². The van der Waals surface area contributed by atoms with Crippen molar-refractivity contribution in [1.82, 2.24) is 30.7 Å². The van der Waals surface area contributed by atoms with Crippen LogP contribution in [0.2, 0.25) is 0 Å². The Hall–Kier alpha value is -4.53. The minimum Gasteiger partial charge on any atom is -0.460 e. The Morgan fingerprint density at radius 3 is 2.00 bits per heavy atom. The number of hydrogen-bond acceptors (Lipinski definition) is 14. The standard InChI is InChI=1S/C55H94N6O13/c1-16-36(7)51(60(12)55(69)49(34(3)4)58-54(68)50(35(5)6)59(10)11)44(70-13)31-46(65)61-28-22-25-42(61)52(72-15)38(9)53(67)57-41(30-39-23-19-18-20-24-39)43(63)29-37(8)56-45(64)26-21-27-47(66)73-33-48(71-14)74-40(17-2)32-62/h18-20,23-24,34-38,40-42,44,48-52,62H,16-17,21-22,25-33H2,1-15H3,(H,56,64)(H,57,67)(H,58,68)/t36-,37?,38+,40?,41-,42-,44+,48?,49-,50-,51-,52+/m0/s1. The highest BCUT2D eigenvalue weighted by molar-refractivity contribution is 5.91. The lowest BCUT2D eigenvalue weighted by Crippen LogP contribution is -2.59. The van der Waals surface area contributed by atoms with Crippen LogP contribution in [0.4, 0.5) is 0 Å². The number of nitrogens with zero attached hydrogens (tertiary/aromatic N) is 3. The molecule has 1 aromatic carbocycles. The molecule has 422 valence electrons. The van der Waals surface area contributed by atoms with Crippen LogP contribution in [0.5, 0.6) is 0 Å². The molecule has 1 aromatic rings. The van der Waals surface area contributed by atoms with Gasteiger partial charge in [-0.2, -0.15) is 0 Å². The van der Waals surface area contributed by atoms with Crippen molar-refractivity contribution in [1.29, 1.82) is 0 Å². The first-order valence-corrected chi connectivity index (χ1v) is 26.7. The maximum Gasteiger partial charge on any atom is 0.305 e. The molecule has 0 spiro atoms. The number of amides is 5. The van der Waals surface area contributed by atoms with E-state index in [2.05, 4.69) is 16.0 Å². The maximum atomic E-state index is 14.5. The van der Waals surface area contributed by atoms with Crippen molar-refractivity contribution >= 4 is 41.3 Å². The fourth-order valence-electron chi connectivity index (χ4n) is 9.92. The van der Waals surface area contributed by atoms with Crippen LogP contribution in [-0.2, 0) is 63.7 Å². The summed E-state index contributed by atoms with van der Waals surface area (Å²) in [7, 11) is 9.84. The van der Waals surface area contributed by atoms with Gasteiger partial charge in [-0.15, -0.1) is 0 Å². The highest BCUT2D eigenvalue weighted by Crippen LogP contribution is 2.30. The number of benzene rings is 1. The molecule has 0 radical (unpaired) electrons.